The molecule has 0 saturated carbocycles. The first kappa shape index (κ1) is 7.25. The van der Waals surface area contributed by atoms with Crippen LogP contribution in [-0.4, -0.2) is 17.6 Å². The molecule has 0 radical (unpaired) electrons. The van der Waals surface area contributed by atoms with Gasteiger partial charge in [-0.25, -0.2) is 0 Å². The fraction of sp³-hybridized carbons (Fsp3) is 1.00. The van der Waals surface area contributed by atoms with Gasteiger partial charge in [-0.05, 0) is 12.3 Å². The monoisotopic (exact) mass is 122 g/mol. The lowest BCUT2D eigenvalue weighted by atomic mass is 10.1. The molecule has 1 nitrogen and oxygen atoms in total. The lowest BCUT2D eigenvalue weighted by Crippen LogP contribution is -1.97. The maximum atomic E-state index is 8.31. The van der Waals surface area contributed by atoms with Gasteiger partial charge >= 0.3 is 0 Å². The fourth-order valence-electron chi connectivity index (χ4n) is 0.298. The van der Waals surface area contributed by atoms with Crippen LogP contribution in [0, 0.1) is 5.92 Å². The van der Waals surface area contributed by atoms with Crippen molar-refractivity contribution < 1.29 is 5.11 Å². The van der Waals surface area contributed by atoms with E-state index in [1.807, 2.05) is 6.92 Å². The second kappa shape index (κ2) is 4.41. The number of aliphatic hydroxyl groups is 1. The summed E-state index contributed by atoms with van der Waals surface area (Å²) < 4.78 is 0. The van der Waals surface area contributed by atoms with Crippen molar-refractivity contribution in [3.05, 3.63) is 0 Å². The number of halogens is 1. The molecule has 2 heteroatoms. The highest BCUT2D eigenvalue weighted by molar-refractivity contribution is 6.18. The Morgan fingerprint density at radius 3 is 2.43 bits per heavy atom. The molecule has 0 heterocycles. The molecule has 0 amide bonds. The quantitative estimate of drug-likeness (QED) is 0.559. The molecule has 0 spiro atoms. The normalized spacial score (nSPS) is 14.1. The summed E-state index contributed by atoms with van der Waals surface area (Å²) in [4.78, 5) is 0. The van der Waals surface area contributed by atoms with Crippen LogP contribution in [0.5, 0.6) is 0 Å². The molecule has 0 aromatic rings. The molecule has 1 atom stereocenters. The van der Waals surface area contributed by atoms with Gasteiger partial charge in [0.2, 0.25) is 0 Å². The Labute approximate surface area is 49.3 Å². The van der Waals surface area contributed by atoms with Gasteiger partial charge in [0.25, 0.3) is 0 Å². The summed E-state index contributed by atoms with van der Waals surface area (Å²) in [5, 5.41) is 8.31. The lowest BCUT2D eigenvalue weighted by molar-refractivity contribution is 0.268. The molecule has 1 N–H and O–H groups in total. The van der Waals surface area contributed by atoms with Gasteiger partial charge in [-0.1, -0.05) is 6.92 Å². The zero-order chi connectivity index (χ0) is 5.70. The molecule has 1 unspecified atom stereocenters. The summed E-state index contributed by atoms with van der Waals surface area (Å²) in [6.07, 6.45) is 0.823. The third-order valence-corrected chi connectivity index (χ3v) is 1.41. The summed E-state index contributed by atoms with van der Waals surface area (Å²) >= 11 is 5.42. The van der Waals surface area contributed by atoms with Gasteiger partial charge in [-0.15, -0.1) is 11.6 Å². The Hall–Kier alpha value is 0.250. The molecular weight excluding hydrogens is 112 g/mol. The van der Waals surface area contributed by atoms with Crippen LogP contribution in [0.1, 0.15) is 13.3 Å². The Balaban J connectivity index is 2.83. The van der Waals surface area contributed by atoms with Crippen LogP contribution in [0.15, 0.2) is 0 Å². The summed E-state index contributed by atoms with van der Waals surface area (Å²) in [5.41, 5.74) is 0. The van der Waals surface area contributed by atoms with Gasteiger partial charge in [0.05, 0.1) is 0 Å². The molecule has 0 aliphatic carbocycles. The third-order valence-electron chi connectivity index (χ3n) is 0.885. The van der Waals surface area contributed by atoms with Gasteiger partial charge in [-0.2, -0.15) is 0 Å². The maximum Gasteiger partial charge on any atom is 0.0433 e. The molecule has 0 aliphatic heterocycles. The van der Waals surface area contributed by atoms with E-state index in [-0.39, 0.29) is 6.61 Å². The Morgan fingerprint density at radius 1 is 1.71 bits per heavy atom. The second-order valence-corrected chi connectivity index (χ2v) is 2.08. The summed E-state index contributed by atoms with van der Waals surface area (Å²) in [7, 11) is 0. The van der Waals surface area contributed by atoms with E-state index in [0.717, 1.165) is 6.42 Å². The Kier molecular flexibility index (Phi) is 4.57. The Bertz CT molecular complexity index is 39.1. The predicted molar refractivity (Wildman–Crippen MR) is 31.6 cm³/mol. The number of hydrogen-bond acceptors (Lipinski definition) is 1. The van der Waals surface area contributed by atoms with E-state index in [2.05, 4.69) is 0 Å². The van der Waals surface area contributed by atoms with E-state index in [4.69, 9.17) is 16.7 Å². The molecule has 0 rings (SSSR count). The summed E-state index contributed by atoms with van der Waals surface area (Å²) in [6, 6.07) is 0. The van der Waals surface area contributed by atoms with Crippen molar-refractivity contribution in [1.82, 2.24) is 0 Å². The van der Waals surface area contributed by atoms with Crippen molar-refractivity contribution in [3.8, 4) is 0 Å². The van der Waals surface area contributed by atoms with Crippen molar-refractivity contribution in [2.24, 2.45) is 5.92 Å². The maximum absolute atomic E-state index is 8.31. The largest absolute Gasteiger partial charge is 0.396 e. The Morgan fingerprint density at radius 2 is 2.29 bits per heavy atom. The minimum absolute atomic E-state index is 0.258. The summed E-state index contributed by atoms with van der Waals surface area (Å²) in [6.45, 7) is 2.27. The van der Waals surface area contributed by atoms with Gasteiger partial charge in [-0.3, -0.25) is 0 Å². The van der Waals surface area contributed by atoms with Crippen molar-refractivity contribution in [2.45, 2.75) is 13.3 Å². The first-order valence-electron chi connectivity index (χ1n) is 2.48. The highest BCUT2D eigenvalue weighted by Gasteiger charge is 1.95. The zero-order valence-electron chi connectivity index (χ0n) is 4.52. The van der Waals surface area contributed by atoms with Gasteiger partial charge in [0.1, 0.15) is 0 Å². The molecule has 7 heavy (non-hydrogen) atoms. The highest BCUT2D eigenvalue weighted by atomic mass is 35.5. The van der Waals surface area contributed by atoms with Crippen LogP contribution in [0.4, 0.5) is 0 Å². The van der Waals surface area contributed by atoms with Gasteiger partial charge < -0.3 is 5.11 Å². The minimum atomic E-state index is 0.258. The summed E-state index contributed by atoms with van der Waals surface area (Å²) in [5.74, 6) is 1.12. The van der Waals surface area contributed by atoms with Gasteiger partial charge in [0.15, 0.2) is 0 Å². The molecule has 0 aromatic carbocycles. The number of alkyl halides is 1. The smallest absolute Gasteiger partial charge is 0.0433 e. The molecule has 0 fully saturated rings. The van der Waals surface area contributed by atoms with Crippen LogP contribution in [-0.2, 0) is 0 Å². The van der Waals surface area contributed by atoms with Crippen LogP contribution in [0.3, 0.4) is 0 Å². The van der Waals surface area contributed by atoms with Crippen LogP contribution in [0.25, 0.3) is 0 Å². The lowest BCUT2D eigenvalue weighted by Gasteiger charge is -2.00. The van der Waals surface area contributed by atoms with Crippen LogP contribution >= 0.6 is 11.6 Å². The van der Waals surface area contributed by atoms with Gasteiger partial charge in [0, 0.05) is 12.5 Å². The topological polar surface area (TPSA) is 20.2 Å². The minimum Gasteiger partial charge on any atom is -0.396 e. The van der Waals surface area contributed by atoms with Crippen molar-refractivity contribution in [3.63, 3.8) is 0 Å². The van der Waals surface area contributed by atoms with Crippen molar-refractivity contribution in [1.29, 1.82) is 0 Å². The van der Waals surface area contributed by atoms with Crippen molar-refractivity contribution >= 4 is 11.6 Å². The highest BCUT2D eigenvalue weighted by Crippen LogP contribution is 2.01. The van der Waals surface area contributed by atoms with E-state index in [1.165, 1.54) is 0 Å². The molecule has 0 aliphatic rings. The van der Waals surface area contributed by atoms with E-state index < -0.39 is 0 Å². The van der Waals surface area contributed by atoms with E-state index in [1.54, 1.807) is 0 Å². The fourth-order valence-corrected chi connectivity index (χ4v) is 0.452. The zero-order valence-corrected chi connectivity index (χ0v) is 5.28. The number of hydrogen-bond donors (Lipinski definition) is 1. The van der Waals surface area contributed by atoms with Crippen LogP contribution < -0.4 is 0 Å². The van der Waals surface area contributed by atoms with Crippen molar-refractivity contribution in [2.75, 3.05) is 12.5 Å². The van der Waals surface area contributed by atoms with E-state index >= 15 is 0 Å². The molecule has 0 aromatic heterocycles. The SMILES string of the molecule is CC(CCl)CCO. The second-order valence-electron chi connectivity index (χ2n) is 1.77. The van der Waals surface area contributed by atoms with Crippen LogP contribution in [0.2, 0.25) is 0 Å². The van der Waals surface area contributed by atoms with E-state index in [9.17, 15) is 0 Å². The first-order valence-corrected chi connectivity index (χ1v) is 3.01. The number of aliphatic hydroxyl groups excluding tert-OH is 1. The van der Waals surface area contributed by atoms with E-state index in [0.29, 0.717) is 11.8 Å². The standard InChI is InChI=1S/C5H11ClO/c1-5(4-6)2-3-7/h5,7H,2-4H2,1H3. The number of rotatable bonds is 3. The molecule has 44 valence electrons. The molecule has 0 saturated heterocycles. The first-order chi connectivity index (χ1) is 3.31. The predicted octanol–water partition coefficient (Wildman–Crippen LogP) is 1.24. The molecular formula is C5H11ClO. The average Bonchev–Trinajstić information content (AvgIpc) is 1.68. The average molecular weight is 123 g/mol. The third kappa shape index (κ3) is 4.10. The molecule has 0 bridgehead atoms.